The summed E-state index contributed by atoms with van der Waals surface area (Å²) in [6.07, 6.45) is 0. The van der Waals surface area contributed by atoms with Gasteiger partial charge in [0, 0.05) is 17.4 Å². The van der Waals surface area contributed by atoms with Gasteiger partial charge in [0.1, 0.15) is 23.9 Å². The Morgan fingerprint density at radius 1 is 0.882 bits per heavy atom. The smallest absolute Gasteiger partial charge is 0.234 e. The molecule has 3 aromatic carbocycles. The molecular weight excluding hydrogens is 452 g/mol. The highest BCUT2D eigenvalue weighted by Gasteiger charge is 2.17. The van der Waals surface area contributed by atoms with Gasteiger partial charge in [-0.2, -0.15) is 0 Å². The monoisotopic (exact) mass is 476 g/mol. The quantitative estimate of drug-likeness (QED) is 0.335. The number of nitrogens with zero attached hydrogens (tertiary/aromatic N) is 3. The van der Waals surface area contributed by atoms with Crippen LogP contribution in [0.25, 0.3) is 5.69 Å². The summed E-state index contributed by atoms with van der Waals surface area (Å²) in [6.45, 7) is 0.222. The Morgan fingerprint density at radius 2 is 1.62 bits per heavy atom. The topological polar surface area (TPSA) is 87.5 Å². The van der Waals surface area contributed by atoms with Crippen LogP contribution in [0.15, 0.2) is 84.0 Å². The van der Waals surface area contributed by atoms with Gasteiger partial charge in [-0.1, -0.05) is 36.0 Å². The van der Waals surface area contributed by atoms with Crippen LogP contribution < -0.4 is 19.5 Å². The molecule has 1 heterocycles. The van der Waals surface area contributed by atoms with Gasteiger partial charge >= 0.3 is 0 Å². The molecular formula is C25H24N4O4S. The van der Waals surface area contributed by atoms with Gasteiger partial charge in [-0.25, -0.2) is 0 Å². The number of ether oxygens (including phenoxy) is 3. The van der Waals surface area contributed by atoms with E-state index in [2.05, 4.69) is 15.5 Å². The molecule has 0 fully saturated rings. The van der Waals surface area contributed by atoms with Crippen LogP contribution in [0.3, 0.4) is 0 Å². The normalized spacial score (nSPS) is 10.5. The van der Waals surface area contributed by atoms with E-state index in [0.717, 1.165) is 17.2 Å². The number of aromatic nitrogens is 3. The van der Waals surface area contributed by atoms with E-state index in [0.29, 0.717) is 22.4 Å². The highest BCUT2D eigenvalue weighted by atomic mass is 32.2. The number of methoxy groups -OCH3 is 2. The van der Waals surface area contributed by atoms with Crippen LogP contribution in [-0.2, 0) is 11.4 Å². The number of carbonyl (C=O) groups is 1. The zero-order chi connectivity index (χ0) is 23.8. The molecule has 9 heteroatoms. The second-order valence-corrected chi connectivity index (χ2v) is 8.05. The van der Waals surface area contributed by atoms with Crippen molar-refractivity contribution in [1.82, 2.24) is 14.8 Å². The lowest BCUT2D eigenvalue weighted by Crippen LogP contribution is -2.14. The standard InChI is InChI=1S/C25H24N4O4S/c1-31-20-13-11-19(12-14-20)29-23(16-33-21-8-4-3-5-9-21)27-28-25(29)34-17-24(30)26-18-7-6-10-22(15-18)32-2/h3-15H,16-17H2,1-2H3,(H,26,30). The van der Waals surface area contributed by atoms with Gasteiger partial charge in [-0.15, -0.1) is 10.2 Å². The summed E-state index contributed by atoms with van der Waals surface area (Å²) in [7, 11) is 3.21. The summed E-state index contributed by atoms with van der Waals surface area (Å²) in [4.78, 5) is 12.6. The number of amides is 1. The Hall–Kier alpha value is -3.98. The molecule has 8 nitrogen and oxygen atoms in total. The number of anilines is 1. The van der Waals surface area contributed by atoms with E-state index < -0.39 is 0 Å². The van der Waals surface area contributed by atoms with E-state index >= 15 is 0 Å². The van der Waals surface area contributed by atoms with Crippen LogP contribution in [0.2, 0.25) is 0 Å². The van der Waals surface area contributed by atoms with Crippen molar-refractivity contribution in [3.05, 3.63) is 84.7 Å². The highest BCUT2D eigenvalue weighted by molar-refractivity contribution is 7.99. The van der Waals surface area contributed by atoms with E-state index in [-0.39, 0.29) is 18.3 Å². The van der Waals surface area contributed by atoms with E-state index in [1.165, 1.54) is 11.8 Å². The van der Waals surface area contributed by atoms with Gasteiger partial charge in [0.15, 0.2) is 11.0 Å². The number of hydrogen-bond donors (Lipinski definition) is 1. The summed E-state index contributed by atoms with van der Waals surface area (Å²) < 4.78 is 18.2. The third-order valence-corrected chi connectivity index (χ3v) is 5.76. The van der Waals surface area contributed by atoms with Crippen molar-refractivity contribution >= 4 is 23.4 Å². The molecule has 4 aromatic rings. The van der Waals surface area contributed by atoms with E-state index in [4.69, 9.17) is 14.2 Å². The first kappa shape index (κ1) is 23.2. The van der Waals surface area contributed by atoms with Crippen LogP contribution in [0.4, 0.5) is 5.69 Å². The fourth-order valence-electron chi connectivity index (χ4n) is 3.17. The van der Waals surface area contributed by atoms with Gasteiger partial charge in [-0.05, 0) is 48.5 Å². The van der Waals surface area contributed by atoms with Gasteiger partial charge in [-0.3, -0.25) is 9.36 Å². The minimum atomic E-state index is -0.162. The molecule has 34 heavy (non-hydrogen) atoms. The molecule has 1 N–H and O–H groups in total. The number of para-hydroxylation sites is 1. The summed E-state index contributed by atoms with van der Waals surface area (Å²) in [6, 6.07) is 24.3. The predicted molar refractivity (Wildman–Crippen MR) is 131 cm³/mol. The van der Waals surface area contributed by atoms with Gasteiger partial charge < -0.3 is 19.5 Å². The molecule has 174 valence electrons. The maximum Gasteiger partial charge on any atom is 0.234 e. The fraction of sp³-hybridized carbons (Fsp3) is 0.160. The van der Waals surface area contributed by atoms with Crippen LogP contribution in [0.5, 0.6) is 17.2 Å². The average molecular weight is 477 g/mol. The number of thioether (sulfide) groups is 1. The SMILES string of the molecule is COc1ccc(-n2c(COc3ccccc3)nnc2SCC(=O)Nc2cccc(OC)c2)cc1. The summed E-state index contributed by atoms with van der Waals surface area (Å²) in [5, 5.41) is 12.1. The van der Waals surface area contributed by atoms with Crippen LogP contribution >= 0.6 is 11.8 Å². The van der Waals surface area contributed by atoms with Crippen molar-refractivity contribution < 1.29 is 19.0 Å². The first-order valence-corrected chi connectivity index (χ1v) is 11.5. The molecule has 0 saturated heterocycles. The molecule has 0 unspecified atom stereocenters. The Bertz CT molecular complexity index is 1230. The van der Waals surface area contributed by atoms with Gasteiger partial charge in [0.2, 0.25) is 5.91 Å². The summed E-state index contributed by atoms with van der Waals surface area (Å²) in [5.74, 6) is 2.76. The minimum absolute atomic E-state index is 0.158. The Morgan fingerprint density at radius 3 is 2.35 bits per heavy atom. The largest absolute Gasteiger partial charge is 0.497 e. The van der Waals surface area contributed by atoms with E-state index in [9.17, 15) is 4.79 Å². The number of nitrogens with one attached hydrogen (secondary N) is 1. The van der Waals surface area contributed by atoms with Crippen molar-refractivity contribution in [3.8, 4) is 22.9 Å². The van der Waals surface area contributed by atoms with Gasteiger partial charge in [0.25, 0.3) is 0 Å². The van der Waals surface area contributed by atoms with Crippen molar-refractivity contribution in [1.29, 1.82) is 0 Å². The third-order valence-electron chi connectivity index (χ3n) is 4.83. The number of carbonyl (C=O) groups excluding carboxylic acids is 1. The zero-order valence-electron chi connectivity index (χ0n) is 18.8. The molecule has 0 aliphatic rings. The lowest BCUT2D eigenvalue weighted by molar-refractivity contribution is -0.113. The number of rotatable bonds is 10. The summed E-state index contributed by atoms with van der Waals surface area (Å²) >= 11 is 1.29. The van der Waals surface area contributed by atoms with Crippen molar-refractivity contribution in [2.24, 2.45) is 0 Å². The minimum Gasteiger partial charge on any atom is -0.497 e. The van der Waals surface area contributed by atoms with E-state index in [1.54, 1.807) is 20.3 Å². The maximum absolute atomic E-state index is 12.6. The molecule has 0 aliphatic carbocycles. The van der Waals surface area contributed by atoms with Crippen molar-refractivity contribution in [2.45, 2.75) is 11.8 Å². The molecule has 1 aromatic heterocycles. The number of hydrogen-bond acceptors (Lipinski definition) is 7. The molecule has 0 bridgehead atoms. The van der Waals surface area contributed by atoms with Crippen molar-refractivity contribution in [3.63, 3.8) is 0 Å². The van der Waals surface area contributed by atoms with Crippen molar-refractivity contribution in [2.75, 3.05) is 25.3 Å². The van der Waals surface area contributed by atoms with E-state index in [1.807, 2.05) is 77.4 Å². The molecule has 0 aliphatic heterocycles. The van der Waals surface area contributed by atoms with Crippen LogP contribution in [0.1, 0.15) is 5.82 Å². The molecule has 4 rings (SSSR count). The average Bonchev–Trinajstić information content (AvgIpc) is 3.29. The second-order valence-electron chi connectivity index (χ2n) is 7.10. The maximum atomic E-state index is 12.6. The molecule has 0 radical (unpaired) electrons. The first-order chi connectivity index (χ1) is 16.7. The fourth-order valence-corrected chi connectivity index (χ4v) is 3.94. The molecule has 1 amide bonds. The Labute approximate surface area is 201 Å². The lowest BCUT2D eigenvalue weighted by Gasteiger charge is -2.12. The van der Waals surface area contributed by atoms with Crippen LogP contribution in [-0.4, -0.2) is 40.6 Å². The lowest BCUT2D eigenvalue weighted by atomic mass is 10.3. The zero-order valence-corrected chi connectivity index (χ0v) is 19.6. The number of benzene rings is 3. The summed E-state index contributed by atoms with van der Waals surface area (Å²) in [5.41, 5.74) is 1.51. The van der Waals surface area contributed by atoms with Gasteiger partial charge in [0.05, 0.1) is 20.0 Å². The highest BCUT2D eigenvalue weighted by Crippen LogP contribution is 2.25. The molecule has 0 atom stereocenters. The van der Waals surface area contributed by atoms with Crippen LogP contribution in [0, 0.1) is 0 Å². The Kier molecular flexibility index (Phi) is 7.67. The first-order valence-electron chi connectivity index (χ1n) is 10.5. The second kappa shape index (κ2) is 11.2. The third kappa shape index (κ3) is 5.87. The predicted octanol–water partition coefficient (Wildman–Crippen LogP) is 4.59. The Balaban J connectivity index is 1.51. The molecule has 0 spiro atoms. The molecule has 0 saturated carbocycles.